The Morgan fingerprint density at radius 1 is 1.39 bits per heavy atom. The van der Waals surface area contributed by atoms with Crippen LogP contribution in [0, 0.1) is 11.7 Å². The van der Waals surface area contributed by atoms with Crippen molar-refractivity contribution in [2.45, 2.75) is 25.3 Å². The molecule has 1 aliphatic carbocycles. The first-order valence-corrected chi connectivity index (χ1v) is 6.95. The molecule has 2 nitrogen and oxygen atoms in total. The maximum atomic E-state index is 13.7. The number of nitrogens with one attached hydrogen (secondary N) is 1. The fourth-order valence-electron chi connectivity index (χ4n) is 3.57. The lowest BCUT2D eigenvalue weighted by atomic mass is 10.1. The van der Waals surface area contributed by atoms with Gasteiger partial charge in [-0.3, -0.25) is 4.90 Å². The van der Waals surface area contributed by atoms with Crippen LogP contribution in [-0.4, -0.2) is 31.6 Å². The van der Waals surface area contributed by atoms with Crippen molar-refractivity contribution in [3.05, 3.63) is 35.1 Å². The molecule has 0 radical (unpaired) electrons. The lowest BCUT2D eigenvalue weighted by Gasteiger charge is -2.25. The first-order valence-electron chi connectivity index (χ1n) is 6.95. The van der Waals surface area contributed by atoms with Gasteiger partial charge in [0.15, 0.2) is 0 Å². The van der Waals surface area contributed by atoms with Crippen LogP contribution in [0.1, 0.15) is 30.0 Å². The van der Waals surface area contributed by atoms with Crippen molar-refractivity contribution < 1.29 is 4.39 Å². The highest BCUT2D eigenvalue weighted by Crippen LogP contribution is 2.39. The molecule has 1 saturated heterocycles. The van der Waals surface area contributed by atoms with Gasteiger partial charge in [0.1, 0.15) is 5.82 Å². The number of nitrogens with zero attached hydrogens (tertiary/aromatic N) is 1. The third-order valence-corrected chi connectivity index (χ3v) is 4.43. The second kappa shape index (κ2) is 4.98. The summed E-state index contributed by atoms with van der Waals surface area (Å²) >= 11 is 0. The lowest BCUT2D eigenvalue weighted by Crippen LogP contribution is -2.27. The predicted molar refractivity (Wildman–Crippen MR) is 71.1 cm³/mol. The average molecular weight is 248 g/mol. The van der Waals surface area contributed by atoms with E-state index >= 15 is 0 Å². The van der Waals surface area contributed by atoms with Gasteiger partial charge in [0.05, 0.1) is 0 Å². The summed E-state index contributed by atoms with van der Waals surface area (Å²) in [5.41, 5.74) is 2.19. The van der Waals surface area contributed by atoms with Gasteiger partial charge >= 0.3 is 0 Å². The summed E-state index contributed by atoms with van der Waals surface area (Å²) in [4.78, 5) is 2.55. The Labute approximate surface area is 108 Å². The number of rotatable bonds is 3. The molecule has 1 fully saturated rings. The molecule has 0 amide bonds. The standard InChI is InChI=1S/C15H21FN2/c1-17-9-11-7-8-18(10-11)15-6-5-12-13(15)3-2-4-14(12)16/h2-4,11,15,17H,5-10H2,1H3. The molecule has 98 valence electrons. The zero-order chi connectivity index (χ0) is 12.5. The van der Waals surface area contributed by atoms with Gasteiger partial charge in [0, 0.05) is 12.6 Å². The van der Waals surface area contributed by atoms with Crippen molar-refractivity contribution >= 4 is 0 Å². The normalized spacial score (nSPS) is 27.7. The molecule has 1 aromatic carbocycles. The quantitative estimate of drug-likeness (QED) is 0.883. The van der Waals surface area contributed by atoms with Crippen LogP contribution in [0.2, 0.25) is 0 Å². The van der Waals surface area contributed by atoms with Gasteiger partial charge in [0.2, 0.25) is 0 Å². The van der Waals surface area contributed by atoms with Gasteiger partial charge in [-0.25, -0.2) is 4.39 Å². The highest BCUT2D eigenvalue weighted by Gasteiger charge is 2.33. The number of hydrogen-bond donors (Lipinski definition) is 1. The molecule has 3 rings (SSSR count). The molecule has 2 unspecified atom stereocenters. The van der Waals surface area contributed by atoms with Crippen molar-refractivity contribution in [1.82, 2.24) is 10.2 Å². The summed E-state index contributed by atoms with van der Waals surface area (Å²) in [6.45, 7) is 3.41. The van der Waals surface area contributed by atoms with E-state index < -0.39 is 0 Å². The predicted octanol–water partition coefficient (Wildman–Crippen LogP) is 2.35. The first-order chi connectivity index (χ1) is 8.79. The van der Waals surface area contributed by atoms with Crippen LogP contribution >= 0.6 is 0 Å². The molecule has 2 atom stereocenters. The summed E-state index contributed by atoms with van der Waals surface area (Å²) in [5, 5.41) is 3.26. The molecule has 1 heterocycles. The van der Waals surface area contributed by atoms with Crippen LogP contribution in [0.4, 0.5) is 4.39 Å². The van der Waals surface area contributed by atoms with Gasteiger partial charge in [0.25, 0.3) is 0 Å². The average Bonchev–Trinajstić information content (AvgIpc) is 2.96. The van der Waals surface area contributed by atoms with E-state index in [-0.39, 0.29) is 5.82 Å². The van der Waals surface area contributed by atoms with Crippen LogP contribution in [0.25, 0.3) is 0 Å². The molecule has 1 aromatic rings. The minimum atomic E-state index is -0.0130. The topological polar surface area (TPSA) is 15.3 Å². The Kier molecular flexibility index (Phi) is 3.35. The molecule has 3 heteroatoms. The van der Waals surface area contributed by atoms with E-state index in [0.717, 1.165) is 44.0 Å². The Balaban J connectivity index is 1.75. The van der Waals surface area contributed by atoms with Crippen LogP contribution < -0.4 is 5.32 Å². The maximum Gasteiger partial charge on any atom is 0.126 e. The largest absolute Gasteiger partial charge is 0.319 e. The minimum absolute atomic E-state index is 0.0130. The molecular formula is C15H21FN2. The van der Waals surface area contributed by atoms with Crippen LogP contribution in [0.15, 0.2) is 18.2 Å². The number of fused-ring (bicyclic) bond motifs is 1. The smallest absolute Gasteiger partial charge is 0.126 e. The summed E-state index contributed by atoms with van der Waals surface area (Å²) in [6, 6.07) is 6.02. The molecule has 1 aliphatic heterocycles. The monoisotopic (exact) mass is 248 g/mol. The molecule has 0 saturated carbocycles. The van der Waals surface area contributed by atoms with Gasteiger partial charge in [-0.2, -0.15) is 0 Å². The summed E-state index contributed by atoms with van der Waals surface area (Å²) in [7, 11) is 2.02. The van der Waals surface area contributed by atoms with E-state index in [9.17, 15) is 4.39 Å². The molecule has 0 bridgehead atoms. The van der Waals surface area contributed by atoms with E-state index in [1.165, 1.54) is 12.0 Å². The number of hydrogen-bond acceptors (Lipinski definition) is 2. The minimum Gasteiger partial charge on any atom is -0.319 e. The molecule has 0 spiro atoms. The number of benzene rings is 1. The second-order valence-corrected chi connectivity index (χ2v) is 5.57. The van der Waals surface area contributed by atoms with Crippen molar-refractivity contribution in [2.75, 3.05) is 26.7 Å². The Morgan fingerprint density at radius 3 is 3.11 bits per heavy atom. The Bertz CT molecular complexity index is 433. The van der Waals surface area contributed by atoms with Crippen molar-refractivity contribution in [2.24, 2.45) is 5.92 Å². The van der Waals surface area contributed by atoms with Crippen LogP contribution in [-0.2, 0) is 6.42 Å². The lowest BCUT2D eigenvalue weighted by molar-refractivity contribution is 0.235. The van der Waals surface area contributed by atoms with Crippen molar-refractivity contribution in [1.29, 1.82) is 0 Å². The number of likely N-dealkylation sites (tertiary alicyclic amines) is 1. The Hall–Kier alpha value is -0.930. The van der Waals surface area contributed by atoms with Gasteiger partial charge in [-0.1, -0.05) is 12.1 Å². The van der Waals surface area contributed by atoms with Crippen LogP contribution in [0.3, 0.4) is 0 Å². The summed E-state index contributed by atoms with van der Waals surface area (Å²) in [6.07, 6.45) is 3.25. The van der Waals surface area contributed by atoms with Crippen LogP contribution in [0.5, 0.6) is 0 Å². The third kappa shape index (κ3) is 2.06. The second-order valence-electron chi connectivity index (χ2n) is 5.57. The van der Waals surface area contributed by atoms with Crippen molar-refractivity contribution in [3.63, 3.8) is 0 Å². The highest BCUT2D eigenvalue weighted by molar-refractivity contribution is 5.35. The van der Waals surface area contributed by atoms with E-state index in [1.807, 2.05) is 13.1 Å². The van der Waals surface area contributed by atoms with Gasteiger partial charge in [-0.05, 0) is 62.5 Å². The maximum absolute atomic E-state index is 13.7. The zero-order valence-electron chi connectivity index (χ0n) is 11.0. The molecule has 1 N–H and O–H groups in total. The SMILES string of the molecule is CNCC1CCN(C2CCc3c(F)cccc32)C1. The zero-order valence-corrected chi connectivity index (χ0v) is 11.0. The van der Waals surface area contributed by atoms with E-state index in [1.54, 1.807) is 6.07 Å². The fraction of sp³-hybridized carbons (Fsp3) is 0.600. The summed E-state index contributed by atoms with van der Waals surface area (Å²) < 4.78 is 13.7. The van der Waals surface area contributed by atoms with E-state index in [0.29, 0.717) is 6.04 Å². The molecule has 0 aromatic heterocycles. The number of halogens is 1. The molecule has 2 aliphatic rings. The third-order valence-electron chi connectivity index (χ3n) is 4.43. The van der Waals surface area contributed by atoms with Gasteiger partial charge in [-0.15, -0.1) is 0 Å². The van der Waals surface area contributed by atoms with E-state index in [2.05, 4.69) is 16.3 Å². The van der Waals surface area contributed by atoms with Crippen molar-refractivity contribution in [3.8, 4) is 0 Å². The first kappa shape index (κ1) is 12.1. The Morgan fingerprint density at radius 2 is 2.28 bits per heavy atom. The molecular weight excluding hydrogens is 227 g/mol. The highest BCUT2D eigenvalue weighted by atomic mass is 19.1. The van der Waals surface area contributed by atoms with Gasteiger partial charge < -0.3 is 5.32 Å². The van der Waals surface area contributed by atoms with E-state index in [4.69, 9.17) is 0 Å². The summed E-state index contributed by atoms with van der Waals surface area (Å²) in [5.74, 6) is 0.744. The fourth-order valence-corrected chi connectivity index (χ4v) is 3.57. The molecule has 18 heavy (non-hydrogen) atoms.